The highest BCUT2D eigenvalue weighted by molar-refractivity contribution is 7.89. The van der Waals surface area contributed by atoms with Gasteiger partial charge in [0.1, 0.15) is 6.23 Å². The molecule has 0 radical (unpaired) electrons. The molecule has 1 saturated heterocycles. The topological polar surface area (TPSA) is 63.7 Å². The predicted octanol–water partition coefficient (Wildman–Crippen LogP) is 1.98. The largest absolute Gasteiger partial charge is 0.357 e. The maximum atomic E-state index is 12.7. The van der Waals surface area contributed by atoms with Crippen molar-refractivity contribution < 1.29 is 17.9 Å². The zero-order valence-electron chi connectivity index (χ0n) is 11.9. The van der Waals surface area contributed by atoms with Crippen LogP contribution in [0.25, 0.3) is 0 Å². The van der Waals surface area contributed by atoms with E-state index in [1.54, 1.807) is 19.1 Å². The van der Waals surface area contributed by atoms with Gasteiger partial charge in [-0.25, -0.2) is 12.7 Å². The summed E-state index contributed by atoms with van der Waals surface area (Å²) in [5.41, 5.74) is 1.70. The Morgan fingerprint density at radius 1 is 1.25 bits per heavy atom. The summed E-state index contributed by atoms with van der Waals surface area (Å²) in [6, 6.07) is 5.05. The Hall–Kier alpha value is -1.40. The van der Waals surface area contributed by atoms with Gasteiger partial charge in [-0.1, -0.05) is 6.07 Å². The highest BCUT2D eigenvalue weighted by Crippen LogP contribution is 2.28. The summed E-state index contributed by atoms with van der Waals surface area (Å²) in [5, 5.41) is 0. The first-order valence-electron chi connectivity index (χ1n) is 6.63. The van der Waals surface area contributed by atoms with Gasteiger partial charge in [0.15, 0.2) is 0 Å². The number of ether oxygens (including phenoxy) is 1. The van der Waals surface area contributed by atoms with Crippen LogP contribution in [0.3, 0.4) is 0 Å². The van der Waals surface area contributed by atoms with E-state index in [1.807, 2.05) is 19.9 Å². The lowest BCUT2D eigenvalue weighted by molar-refractivity contribution is -0.128. The van der Waals surface area contributed by atoms with Crippen LogP contribution in [0.4, 0.5) is 0 Å². The van der Waals surface area contributed by atoms with Crippen molar-refractivity contribution in [2.75, 3.05) is 6.61 Å². The van der Waals surface area contributed by atoms with Crippen LogP contribution in [-0.4, -0.2) is 31.5 Å². The van der Waals surface area contributed by atoms with E-state index in [2.05, 4.69) is 0 Å². The first-order chi connectivity index (χ1) is 9.36. The molecular weight excluding hydrogens is 278 g/mol. The lowest BCUT2D eigenvalue weighted by Gasteiger charge is -2.24. The summed E-state index contributed by atoms with van der Waals surface area (Å²) in [7, 11) is -3.85. The standard InChI is InChI=1S/C14H19NO4S/c1-4-19-14-6-5-13(16)15(14)20(17,18)12-8-10(2)7-11(3)9-12/h7-9,14H,4-6H2,1-3H3. The molecule has 1 aliphatic heterocycles. The molecule has 0 saturated carbocycles. The van der Waals surface area contributed by atoms with Crippen LogP contribution in [0.15, 0.2) is 23.1 Å². The highest BCUT2D eigenvalue weighted by Gasteiger charge is 2.41. The minimum Gasteiger partial charge on any atom is -0.357 e. The minimum absolute atomic E-state index is 0.148. The first-order valence-corrected chi connectivity index (χ1v) is 8.07. The van der Waals surface area contributed by atoms with Gasteiger partial charge in [0.2, 0.25) is 5.91 Å². The van der Waals surface area contributed by atoms with Gasteiger partial charge in [0.25, 0.3) is 10.0 Å². The van der Waals surface area contributed by atoms with Gasteiger partial charge in [-0.2, -0.15) is 0 Å². The predicted molar refractivity (Wildman–Crippen MR) is 74.6 cm³/mol. The molecule has 1 atom stereocenters. The van der Waals surface area contributed by atoms with Crippen molar-refractivity contribution in [2.45, 2.75) is 44.7 Å². The highest BCUT2D eigenvalue weighted by atomic mass is 32.2. The normalized spacial score (nSPS) is 19.6. The quantitative estimate of drug-likeness (QED) is 0.852. The number of carbonyl (C=O) groups excluding carboxylic acids is 1. The summed E-state index contributed by atoms with van der Waals surface area (Å²) in [4.78, 5) is 12.1. The Morgan fingerprint density at radius 3 is 2.40 bits per heavy atom. The van der Waals surface area contributed by atoms with Crippen LogP contribution < -0.4 is 0 Å². The molecule has 20 heavy (non-hydrogen) atoms. The second kappa shape index (κ2) is 5.54. The third-order valence-electron chi connectivity index (χ3n) is 3.22. The number of hydrogen-bond acceptors (Lipinski definition) is 4. The molecule has 1 amide bonds. The monoisotopic (exact) mass is 297 g/mol. The van der Waals surface area contributed by atoms with Crippen molar-refractivity contribution in [1.82, 2.24) is 4.31 Å². The van der Waals surface area contributed by atoms with Crippen molar-refractivity contribution in [3.05, 3.63) is 29.3 Å². The third-order valence-corrected chi connectivity index (χ3v) is 5.01. The molecule has 0 spiro atoms. The number of benzene rings is 1. The van der Waals surface area contributed by atoms with Crippen LogP contribution in [0.1, 0.15) is 30.9 Å². The molecule has 2 rings (SSSR count). The van der Waals surface area contributed by atoms with Gasteiger partial charge in [0, 0.05) is 19.4 Å². The lowest BCUT2D eigenvalue weighted by Crippen LogP contribution is -2.40. The smallest absolute Gasteiger partial charge is 0.268 e. The Morgan fingerprint density at radius 2 is 1.85 bits per heavy atom. The molecule has 0 bridgehead atoms. The maximum Gasteiger partial charge on any atom is 0.268 e. The molecule has 1 heterocycles. The van der Waals surface area contributed by atoms with Crippen molar-refractivity contribution in [1.29, 1.82) is 0 Å². The van der Waals surface area contributed by atoms with E-state index in [0.29, 0.717) is 13.0 Å². The Labute approximate surface area is 119 Å². The molecule has 110 valence electrons. The van der Waals surface area contributed by atoms with Gasteiger partial charge in [-0.3, -0.25) is 4.79 Å². The fourth-order valence-corrected chi connectivity index (χ4v) is 4.19. The minimum atomic E-state index is -3.85. The molecular formula is C14H19NO4S. The summed E-state index contributed by atoms with van der Waals surface area (Å²) in [6.07, 6.45) is -0.0656. The van der Waals surface area contributed by atoms with Gasteiger partial charge < -0.3 is 4.74 Å². The summed E-state index contributed by atoms with van der Waals surface area (Å²) < 4.78 is 31.6. The molecule has 1 aromatic carbocycles. The molecule has 1 aromatic rings. The summed E-state index contributed by atoms with van der Waals surface area (Å²) >= 11 is 0. The van der Waals surface area contributed by atoms with Crippen LogP contribution in [0, 0.1) is 13.8 Å². The second-order valence-electron chi connectivity index (χ2n) is 4.97. The lowest BCUT2D eigenvalue weighted by atomic mass is 10.2. The van der Waals surface area contributed by atoms with E-state index in [9.17, 15) is 13.2 Å². The third kappa shape index (κ3) is 2.71. The van der Waals surface area contributed by atoms with Gasteiger partial charge >= 0.3 is 0 Å². The van der Waals surface area contributed by atoms with E-state index in [1.165, 1.54) is 0 Å². The fourth-order valence-electron chi connectivity index (χ4n) is 2.46. The SMILES string of the molecule is CCOC1CCC(=O)N1S(=O)(=O)c1cc(C)cc(C)c1. The zero-order valence-corrected chi connectivity index (χ0v) is 12.7. The van der Waals surface area contributed by atoms with Gasteiger partial charge in [0.05, 0.1) is 4.90 Å². The van der Waals surface area contributed by atoms with Crippen molar-refractivity contribution in [3.63, 3.8) is 0 Å². The van der Waals surface area contributed by atoms with Gasteiger partial charge in [-0.05, 0) is 44.0 Å². The molecule has 6 heteroatoms. The van der Waals surface area contributed by atoms with Crippen LogP contribution >= 0.6 is 0 Å². The van der Waals surface area contributed by atoms with E-state index in [0.717, 1.165) is 15.4 Å². The van der Waals surface area contributed by atoms with E-state index in [4.69, 9.17) is 4.74 Å². The average molecular weight is 297 g/mol. The zero-order chi connectivity index (χ0) is 14.9. The number of nitrogens with zero attached hydrogens (tertiary/aromatic N) is 1. The van der Waals surface area contributed by atoms with Crippen molar-refractivity contribution >= 4 is 15.9 Å². The first kappa shape index (κ1) is 15.0. The number of hydrogen-bond donors (Lipinski definition) is 0. The number of amides is 1. The van der Waals surface area contributed by atoms with Crippen LogP contribution in [0.5, 0.6) is 0 Å². The second-order valence-corrected chi connectivity index (χ2v) is 6.78. The molecule has 0 aromatic heterocycles. The molecule has 1 fully saturated rings. The van der Waals surface area contributed by atoms with Crippen LogP contribution in [0.2, 0.25) is 0 Å². The van der Waals surface area contributed by atoms with Crippen molar-refractivity contribution in [3.8, 4) is 0 Å². The average Bonchev–Trinajstić information content (AvgIpc) is 2.70. The summed E-state index contributed by atoms with van der Waals surface area (Å²) in [6.45, 7) is 5.82. The number of sulfonamides is 1. The molecule has 0 aliphatic carbocycles. The fraction of sp³-hybridized carbons (Fsp3) is 0.500. The van der Waals surface area contributed by atoms with E-state index >= 15 is 0 Å². The van der Waals surface area contributed by atoms with E-state index < -0.39 is 22.2 Å². The Balaban J connectivity index is 2.45. The molecule has 1 unspecified atom stereocenters. The number of rotatable bonds is 4. The summed E-state index contributed by atoms with van der Waals surface area (Å²) in [5.74, 6) is -0.400. The van der Waals surface area contributed by atoms with Crippen LogP contribution in [-0.2, 0) is 19.6 Å². The van der Waals surface area contributed by atoms with Crippen molar-refractivity contribution in [2.24, 2.45) is 0 Å². The molecule has 1 aliphatic rings. The Kier molecular flexibility index (Phi) is 4.15. The molecule has 0 N–H and O–H groups in total. The maximum absolute atomic E-state index is 12.7. The van der Waals surface area contributed by atoms with Gasteiger partial charge in [-0.15, -0.1) is 0 Å². The number of aryl methyl sites for hydroxylation is 2. The number of carbonyl (C=O) groups is 1. The molecule has 5 nitrogen and oxygen atoms in total. The Bertz CT molecular complexity index is 604. The van der Waals surface area contributed by atoms with E-state index in [-0.39, 0.29) is 11.3 Å².